The fraction of sp³-hybridized carbons (Fsp3) is 0.500. The van der Waals surface area contributed by atoms with Crippen molar-refractivity contribution in [1.29, 1.82) is 0 Å². The first-order valence-corrected chi connectivity index (χ1v) is 13.6. The maximum atomic E-state index is 13.2. The summed E-state index contributed by atoms with van der Waals surface area (Å²) in [5, 5.41) is 0. The van der Waals surface area contributed by atoms with E-state index in [0.29, 0.717) is 5.76 Å². The van der Waals surface area contributed by atoms with Crippen LogP contribution in [0.25, 0.3) is 0 Å². The molecule has 1 aliphatic heterocycles. The number of ether oxygens (including phenoxy) is 2. The Morgan fingerprint density at radius 2 is 1.85 bits per heavy atom. The van der Waals surface area contributed by atoms with Crippen molar-refractivity contribution in [3.63, 3.8) is 0 Å². The Bertz CT molecular complexity index is 788. The van der Waals surface area contributed by atoms with Gasteiger partial charge in [0.1, 0.15) is 12.3 Å². The summed E-state index contributed by atoms with van der Waals surface area (Å²) >= 11 is 0. The average molecular weight is 414 g/mol. The van der Waals surface area contributed by atoms with E-state index in [4.69, 9.17) is 13.9 Å². The third kappa shape index (κ3) is 5.19. The second-order valence-electron chi connectivity index (χ2n) is 7.09. The van der Waals surface area contributed by atoms with Crippen molar-refractivity contribution in [2.75, 3.05) is 13.7 Å². The van der Waals surface area contributed by atoms with Crippen LogP contribution in [0, 0.1) is 0 Å². The number of carbonyl (C=O) groups excluding carboxylic acids is 1. The van der Waals surface area contributed by atoms with E-state index >= 15 is 0 Å². The van der Waals surface area contributed by atoms with Crippen molar-refractivity contribution in [1.82, 2.24) is 4.31 Å². The zero-order valence-electron chi connectivity index (χ0n) is 16.3. The first kappa shape index (κ1) is 21.6. The van der Waals surface area contributed by atoms with Gasteiger partial charge in [0.2, 0.25) is 18.3 Å². The zero-order chi connectivity index (χ0) is 20.2. The molecular formula is C18H27NO6SSi. The van der Waals surface area contributed by atoms with Crippen molar-refractivity contribution >= 4 is 24.3 Å². The quantitative estimate of drug-likeness (QED) is 0.505. The molecule has 0 radical (unpaired) electrons. The number of benzene rings is 1. The molecule has 1 heterocycles. The molecule has 150 valence electrons. The normalized spacial score (nSPS) is 21.4. The third-order valence-electron chi connectivity index (χ3n) is 3.84. The first-order chi connectivity index (χ1) is 12.6. The second-order valence-corrected chi connectivity index (χ2v) is 13.4. The van der Waals surface area contributed by atoms with Gasteiger partial charge in [0.05, 0.1) is 17.3 Å². The van der Waals surface area contributed by atoms with Crippen LogP contribution in [-0.2, 0) is 28.7 Å². The zero-order valence-corrected chi connectivity index (χ0v) is 18.2. The molecule has 27 heavy (non-hydrogen) atoms. The molecule has 0 unspecified atom stereocenters. The Balaban J connectivity index is 2.52. The highest BCUT2D eigenvalue weighted by Gasteiger charge is 2.45. The lowest BCUT2D eigenvalue weighted by Crippen LogP contribution is -2.54. The van der Waals surface area contributed by atoms with Crippen LogP contribution in [0.1, 0.15) is 13.3 Å². The van der Waals surface area contributed by atoms with Gasteiger partial charge in [0.15, 0.2) is 0 Å². The lowest BCUT2D eigenvalue weighted by molar-refractivity contribution is -0.151. The van der Waals surface area contributed by atoms with Crippen LogP contribution in [-0.4, -0.2) is 53.0 Å². The fourth-order valence-corrected chi connectivity index (χ4v) is 5.44. The number of methoxy groups -OCH3 is 1. The average Bonchev–Trinajstić information content (AvgIpc) is 2.60. The lowest BCUT2D eigenvalue weighted by Gasteiger charge is -2.38. The molecule has 0 N–H and O–H groups in total. The molecule has 1 aromatic rings. The Morgan fingerprint density at radius 1 is 1.22 bits per heavy atom. The summed E-state index contributed by atoms with van der Waals surface area (Å²) in [5.41, 5.74) is 0. The molecule has 0 aliphatic carbocycles. The topological polar surface area (TPSA) is 82.1 Å². The molecule has 0 fully saturated rings. The minimum Gasteiger partial charge on any atom is -0.547 e. The minimum atomic E-state index is -3.98. The van der Waals surface area contributed by atoms with Crippen molar-refractivity contribution in [3.8, 4) is 0 Å². The number of esters is 1. The second kappa shape index (κ2) is 8.55. The van der Waals surface area contributed by atoms with Gasteiger partial charge in [-0.3, -0.25) is 4.79 Å². The molecule has 0 aromatic heterocycles. The molecule has 2 atom stereocenters. The van der Waals surface area contributed by atoms with E-state index in [9.17, 15) is 13.2 Å². The Hall–Kier alpha value is -1.68. The van der Waals surface area contributed by atoms with Crippen molar-refractivity contribution in [2.24, 2.45) is 0 Å². The number of rotatable bonds is 7. The summed E-state index contributed by atoms with van der Waals surface area (Å²) in [6.07, 6.45) is 0.758. The van der Waals surface area contributed by atoms with Crippen molar-refractivity contribution < 1.29 is 27.1 Å². The van der Waals surface area contributed by atoms with Crippen molar-refractivity contribution in [3.05, 3.63) is 42.2 Å². The molecule has 0 amide bonds. The van der Waals surface area contributed by atoms with E-state index in [-0.39, 0.29) is 17.9 Å². The SMILES string of the molecule is CCOC(=O)[C@@H]1CC(O[Si](C)(C)C)=C[C@@H](OC)N1S(=O)(=O)c1ccccc1. The van der Waals surface area contributed by atoms with E-state index in [0.717, 1.165) is 4.31 Å². The maximum Gasteiger partial charge on any atom is 0.325 e. The molecule has 0 bridgehead atoms. The summed E-state index contributed by atoms with van der Waals surface area (Å²) in [4.78, 5) is 12.7. The van der Waals surface area contributed by atoms with Crippen LogP contribution in [0.2, 0.25) is 19.6 Å². The molecule has 0 saturated carbocycles. The van der Waals surface area contributed by atoms with E-state index in [2.05, 4.69) is 0 Å². The smallest absolute Gasteiger partial charge is 0.325 e. The lowest BCUT2D eigenvalue weighted by atomic mass is 10.1. The van der Waals surface area contributed by atoms with Crippen LogP contribution >= 0.6 is 0 Å². The highest BCUT2D eigenvalue weighted by Crippen LogP contribution is 2.32. The van der Waals surface area contributed by atoms with E-state index in [1.807, 2.05) is 19.6 Å². The molecule has 7 nitrogen and oxygen atoms in total. The van der Waals surface area contributed by atoms with E-state index < -0.39 is 36.6 Å². The Morgan fingerprint density at radius 3 is 2.37 bits per heavy atom. The standard InChI is InChI=1S/C18H27NO6SSi/c1-6-24-18(20)16-12-14(25-27(3,4)5)13-17(23-2)19(16)26(21,22)15-10-8-7-9-11-15/h7-11,13,16-17H,6,12H2,1-5H3/t16-,17+/m0/s1. The highest BCUT2D eigenvalue weighted by molar-refractivity contribution is 7.89. The van der Waals surface area contributed by atoms with Gasteiger partial charge in [-0.2, -0.15) is 4.31 Å². The van der Waals surface area contributed by atoms with Crippen LogP contribution in [0.5, 0.6) is 0 Å². The monoisotopic (exact) mass is 413 g/mol. The molecular weight excluding hydrogens is 386 g/mol. The van der Waals surface area contributed by atoms with E-state index in [1.165, 1.54) is 19.2 Å². The largest absolute Gasteiger partial charge is 0.547 e. The van der Waals surface area contributed by atoms with Gasteiger partial charge in [0.25, 0.3) is 0 Å². The molecule has 9 heteroatoms. The van der Waals surface area contributed by atoms with Crippen LogP contribution in [0.15, 0.2) is 47.1 Å². The van der Waals surface area contributed by atoms with Gasteiger partial charge in [0, 0.05) is 13.5 Å². The fourth-order valence-electron chi connectivity index (χ4n) is 2.84. The summed E-state index contributed by atoms with van der Waals surface area (Å²) in [6.45, 7) is 7.88. The van der Waals surface area contributed by atoms with Gasteiger partial charge in [-0.15, -0.1) is 0 Å². The number of hydrogen-bond donors (Lipinski definition) is 0. The van der Waals surface area contributed by atoms with Gasteiger partial charge in [-0.25, -0.2) is 8.42 Å². The Kier molecular flexibility index (Phi) is 6.85. The highest BCUT2D eigenvalue weighted by atomic mass is 32.2. The molecule has 1 aliphatic rings. The predicted octanol–water partition coefficient (Wildman–Crippen LogP) is 2.72. The summed E-state index contributed by atoms with van der Waals surface area (Å²) in [7, 11) is -4.53. The van der Waals surface area contributed by atoms with Gasteiger partial charge >= 0.3 is 5.97 Å². The predicted molar refractivity (Wildman–Crippen MR) is 104 cm³/mol. The first-order valence-electron chi connectivity index (χ1n) is 8.78. The van der Waals surface area contributed by atoms with Crippen LogP contribution in [0.3, 0.4) is 0 Å². The molecule has 1 aromatic carbocycles. The summed E-state index contributed by atoms with van der Waals surface area (Å²) in [5.74, 6) is -0.0672. The van der Waals surface area contributed by atoms with Crippen LogP contribution in [0.4, 0.5) is 0 Å². The van der Waals surface area contributed by atoms with Gasteiger partial charge in [-0.05, 0) is 44.8 Å². The molecule has 0 saturated heterocycles. The van der Waals surface area contributed by atoms with Gasteiger partial charge < -0.3 is 13.9 Å². The summed E-state index contributed by atoms with van der Waals surface area (Å²) in [6, 6.07) is 6.91. The summed E-state index contributed by atoms with van der Waals surface area (Å²) < 4.78 is 44.1. The Labute approximate surface area is 162 Å². The van der Waals surface area contributed by atoms with Crippen molar-refractivity contribution in [2.45, 2.75) is 50.2 Å². The molecule has 0 spiro atoms. The van der Waals surface area contributed by atoms with Gasteiger partial charge in [-0.1, -0.05) is 18.2 Å². The third-order valence-corrected chi connectivity index (χ3v) is 6.60. The minimum absolute atomic E-state index is 0.0873. The molecule has 2 rings (SSSR count). The maximum absolute atomic E-state index is 13.2. The number of carbonyl (C=O) groups is 1. The van der Waals surface area contributed by atoms with E-state index in [1.54, 1.807) is 31.2 Å². The number of sulfonamides is 1. The number of nitrogens with zero attached hydrogens (tertiary/aromatic N) is 1. The van der Waals surface area contributed by atoms with Crippen LogP contribution < -0.4 is 0 Å². The number of hydrogen-bond acceptors (Lipinski definition) is 6.